The molecule has 0 radical (unpaired) electrons. The number of aromatic nitrogens is 3. The molecule has 1 spiro atoms. The number of hydrogen-bond donors (Lipinski definition) is 1. The number of nitriles is 1. The van der Waals surface area contributed by atoms with Gasteiger partial charge in [0, 0.05) is 36.5 Å². The maximum atomic E-state index is 13.1. The van der Waals surface area contributed by atoms with Crippen LogP contribution < -0.4 is 5.32 Å². The standard InChI is InChI=1S/C21H22F2N6O2/c22-21(23)10-14(21)18(31)26-19-25-16-3-1-2-15(29(16)27-19)13-4-7-20(8-5-13)11-28(12-20)17(30)6-9-24/h1-3,13-14H,4-8,10-12H2,(H,26,27,31). The average molecular weight is 428 g/mol. The Balaban J connectivity index is 1.25. The highest BCUT2D eigenvalue weighted by Gasteiger charge is 2.61. The molecule has 10 heteroatoms. The lowest BCUT2D eigenvalue weighted by Gasteiger charge is -2.53. The van der Waals surface area contributed by atoms with E-state index in [1.807, 2.05) is 18.2 Å². The Morgan fingerprint density at radius 1 is 1.26 bits per heavy atom. The first-order valence-corrected chi connectivity index (χ1v) is 10.5. The van der Waals surface area contributed by atoms with Crippen molar-refractivity contribution in [2.24, 2.45) is 11.3 Å². The third-order valence-corrected chi connectivity index (χ3v) is 6.87. The Kier molecular flexibility index (Phi) is 4.46. The SMILES string of the molecule is N#CCC(=O)N1CC2(CCC(c3cccc4nc(NC(=O)C5CC5(F)F)nn34)CC2)C1. The van der Waals surface area contributed by atoms with E-state index in [2.05, 4.69) is 15.4 Å². The third kappa shape index (κ3) is 3.52. The summed E-state index contributed by atoms with van der Waals surface area (Å²) in [5.41, 5.74) is 1.69. The van der Waals surface area contributed by atoms with Crippen LogP contribution in [0.2, 0.25) is 0 Å². The molecular weight excluding hydrogens is 406 g/mol. The number of hydrogen-bond acceptors (Lipinski definition) is 5. The molecule has 1 aliphatic heterocycles. The summed E-state index contributed by atoms with van der Waals surface area (Å²) in [4.78, 5) is 29.8. The smallest absolute Gasteiger partial charge is 0.260 e. The van der Waals surface area contributed by atoms with Gasteiger partial charge in [-0.2, -0.15) is 10.2 Å². The molecule has 2 aromatic rings. The van der Waals surface area contributed by atoms with Crippen LogP contribution in [0, 0.1) is 22.7 Å². The number of carbonyl (C=O) groups excluding carboxylic acids is 2. The Morgan fingerprint density at radius 3 is 2.61 bits per heavy atom. The Labute approximate surface area is 177 Å². The summed E-state index contributed by atoms with van der Waals surface area (Å²) in [5.74, 6) is -4.77. The van der Waals surface area contributed by atoms with Crippen LogP contribution in [0.3, 0.4) is 0 Å². The normalized spacial score (nSPS) is 23.9. The predicted molar refractivity (Wildman–Crippen MR) is 105 cm³/mol. The van der Waals surface area contributed by atoms with E-state index in [1.54, 1.807) is 15.5 Å². The van der Waals surface area contributed by atoms with Gasteiger partial charge in [-0.1, -0.05) is 6.07 Å². The molecule has 2 saturated carbocycles. The number of rotatable bonds is 4. The van der Waals surface area contributed by atoms with Crippen molar-refractivity contribution in [1.29, 1.82) is 5.26 Å². The highest BCUT2D eigenvalue weighted by atomic mass is 19.3. The van der Waals surface area contributed by atoms with Crippen molar-refractivity contribution in [1.82, 2.24) is 19.5 Å². The molecular formula is C21H22F2N6O2. The van der Waals surface area contributed by atoms with Crippen molar-refractivity contribution in [3.63, 3.8) is 0 Å². The second-order valence-electron chi connectivity index (χ2n) is 9.02. The summed E-state index contributed by atoms with van der Waals surface area (Å²) in [6, 6.07) is 7.55. The van der Waals surface area contributed by atoms with Gasteiger partial charge in [0.1, 0.15) is 12.3 Å². The van der Waals surface area contributed by atoms with Crippen LogP contribution in [0.25, 0.3) is 5.65 Å². The lowest BCUT2D eigenvalue weighted by Crippen LogP contribution is -2.59. The average Bonchev–Trinajstić information content (AvgIpc) is 3.16. The van der Waals surface area contributed by atoms with E-state index < -0.39 is 24.2 Å². The molecule has 162 valence electrons. The van der Waals surface area contributed by atoms with E-state index in [0.717, 1.165) is 44.5 Å². The Bertz CT molecular complexity index is 1090. The number of nitrogens with zero attached hydrogens (tertiary/aromatic N) is 5. The molecule has 3 heterocycles. The van der Waals surface area contributed by atoms with E-state index in [0.29, 0.717) is 5.65 Å². The monoisotopic (exact) mass is 428 g/mol. The van der Waals surface area contributed by atoms with Crippen molar-refractivity contribution in [2.75, 3.05) is 18.4 Å². The fraction of sp³-hybridized carbons (Fsp3) is 0.571. The quantitative estimate of drug-likeness (QED) is 0.807. The van der Waals surface area contributed by atoms with Crippen molar-refractivity contribution < 1.29 is 18.4 Å². The molecule has 2 aromatic heterocycles. The van der Waals surface area contributed by atoms with Gasteiger partial charge in [0.25, 0.3) is 5.92 Å². The largest absolute Gasteiger partial charge is 0.341 e. The van der Waals surface area contributed by atoms with Gasteiger partial charge in [0.2, 0.25) is 17.8 Å². The minimum absolute atomic E-state index is 0.0399. The first-order valence-electron chi connectivity index (χ1n) is 10.5. The van der Waals surface area contributed by atoms with Crippen LogP contribution in [-0.2, 0) is 9.59 Å². The zero-order valence-electron chi connectivity index (χ0n) is 16.9. The predicted octanol–water partition coefficient (Wildman–Crippen LogP) is 2.72. The van der Waals surface area contributed by atoms with Crippen molar-refractivity contribution in [3.8, 4) is 6.07 Å². The van der Waals surface area contributed by atoms with Gasteiger partial charge in [-0.05, 0) is 37.8 Å². The molecule has 2 aliphatic carbocycles. The maximum absolute atomic E-state index is 13.1. The van der Waals surface area contributed by atoms with Crippen LogP contribution in [0.15, 0.2) is 18.2 Å². The zero-order valence-corrected chi connectivity index (χ0v) is 16.9. The number of fused-ring (bicyclic) bond motifs is 1. The second-order valence-corrected chi connectivity index (χ2v) is 9.02. The zero-order chi connectivity index (χ0) is 21.8. The molecule has 1 saturated heterocycles. The number of nitrogens with one attached hydrogen (secondary N) is 1. The molecule has 0 bridgehead atoms. The lowest BCUT2D eigenvalue weighted by molar-refractivity contribution is -0.144. The first kappa shape index (κ1) is 19.8. The number of likely N-dealkylation sites (tertiary alicyclic amines) is 1. The van der Waals surface area contributed by atoms with Crippen molar-refractivity contribution >= 4 is 23.4 Å². The summed E-state index contributed by atoms with van der Waals surface area (Å²) < 4.78 is 27.9. The van der Waals surface area contributed by atoms with Gasteiger partial charge in [-0.25, -0.2) is 13.3 Å². The van der Waals surface area contributed by atoms with E-state index in [4.69, 9.17) is 5.26 Å². The van der Waals surface area contributed by atoms with Crippen molar-refractivity contribution in [2.45, 2.75) is 50.4 Å². The summed E-state index contributed by atoms with van der Waals surface area (Å²) in [6.45, 7) is 1.44. The lowest BCUT2D eigenvalue weighted by atomic mass is 9.65. The molecule has 2 amide bonds. The second kappa shape index (κ2) is 6.97. The van der Waals surface area contributed by atoms with Gasteiger partial charge in [-0.3, -0.25) is 14.9 Å². The van der Waals surface area contributed by atoms with Crippen LogP contribution in [0.5, 0.6) is 0 Å². The Morgan fingerprint density at radius 2 is 1.97 bits per heavy atom. The van der Waals surface area contributed by atoms with Gasteiger partial charge < -0.3 is 4.90 Å². The first-order chi connectivity index (χ1) is 14.8. The number of pyridine rings is 1. The molecule has 1 N–H and O–H groups in total. The van der Waals surface area contributed by atoms with Crippen LogP contribution in [0.4, 0.5) is 14.7 Å². The highest BCUT2D eigenvalue weighted by Crippen LogP contribution is 2.49. The molecule has 3 fully saturated rings. The molecule has 8 nitrogen and oxygen atoms in total. The third-order valence-electron chi connectivity index (χ3n) is 6.87. The van der Waals surface area contributed by atoms with E-state index in [9.17, 15) is 18.4 Å². The minimum atomic E-state index is -2.93. The summed E-state index contributed by atoms with van der Waals surface area (Å²) >= 11 is 0. The number of carbonyl (C=O) groups is 2. The molecule has 3 aliphatic rings. The van der Waals surface area contributed by atoms with Crippen LogP contribution >= 0.6 is 0 Å². The summed E-state index contributed by atoms with van der Waals surface area (Å²) in [5, 5.41) is 15.5. The molecule has 31 heavy (non-hydrogen) atoms. The molecule has 1 atom stereocenters. The summed E-state index contributed by atoms with van der Waals surface area (Å²) in [7, 11) is 0. The van der Waals surface area contributed by atoms with Crippen molar-refractivity contribution in [3.05, 3.63) is 23.9 Å². The van der Waals surface area contributed by atoms with E-state index >= 15 is 0 Å². The van der Waals surface area contributed by atoms with Gasteiger partial charge >= 0.3 is 0 Å². The van der Waals surface area contributed by atoms with Crippen LogP contribution in [-0.4, -0.2) is 50.3 Å². The topological polar surface area (TPSA) is 103 Å². The highest BCUT2D eigenvalue weighted by molar-refractivity contribution is 5.94. The number of alkyl halides is 2. The fourth-order valence-corrected chi connectivity index (χ4v) is 4.94. The Hall–Kier alpha value is -3.09. The molecule has 1 unspecified atom stereocenters. The number of halogens is 2. The number of amides is 2. The van der Waals surface area contributed by atoms with Gasteiger partial charge in [-0.15, -0.1) is 5.10 Å². The van der Waals surface area contributed by atoms with Crippen LogP contribution in [0.1, 0.15) is 50.1 Å². The number of anilines is 1. The van der Waals surface area contributed by atoms with E-state index in [1.165, 1.54) is 0 Å². The fourth-order valence-electron chi connectivity index (χ4n) is 4.94. The molecule has 0 aromatic carbocycles. The van der Waals surface area contributed by atoms with Gasteiger partial charge in [0.15, 0.2) is 5.65 Å². The summed E-state index contributed by atoms with van der Waals surface area (Å²) in [6.07, 6.45) is 3.36. The molecule has 5 rings (SSSR count). The van der Waals surface area contributed by atoms with Gasteiger partial charge in [0.05, 0.1) is 6.07 Å². The minimum Gasteiger partial charge on any atom is -0.341 e. The maximum Gasteiger partial charge on any atom is 0.260 e. The van der Waals surface area contributed by atoms with E-state index in [-0.39, 0.29) is 29.6 Å².